The molecule has 6 rings (SSSR count). The van der Waals surface area contributed by atoms with Crippen LogP contribution in [0.1, 0.15) is 21.5 Å². The highest BCUT2D eigenvalue weighted by Gasteiger charge is 2.16. The molecule has 0 radical (unpaired) electrons. The van der Waals surface area contributed by atoms with Crippen molar-refractivity contribution in [3.05, 3.63) is 162 Å². The first kappa shape index (κ1) is 28.5. The molecule has 0 spiro atoms. The number of para-hydroxylation sites is 2. The Morgan fingerprint density at radius 2 is 0.886 bits per heavy atom. The van der Waals surface area contributed by atoms with Crippen molar-refractivity contribution in [2.45, 2.75) is 13.8 Å². The second-order valence-corrected chi connectivity index (χ2v) is 10.7. The first-order chi connectivity index (χ1) is 21.6. The second-order valence-electron chi connectivity index (χ2n) is 10.7. The van der Waals surface area contributed by atoms with Crippen molar-refractivity contribution >= 4 is 40.4 Å². The fourth-order valence-corrected chi connectivity index (χ4v) is 5.59. The smallest absolute Gasteiger partial charge is 0.150 e. The maximum absolute atomic E-state index is 11.4. The molecule has 0 fully saturated rings. The molecule has 0 amide bonds. The van der Waals surface area contributed by atoms with E-state index < -0.39 is 0 Å². The minimum Gasteiger partial charge on any atom is -0.496 e. The summed E-state index contributed by atoms with van der Waals surface area (Å²) in [4.78, 5) is 15.9. The van der Waals surface area contributed by atoms with Gasteiger partial charge in [-0.25, -0.2) is 0 Å². The summed E-state index contributed by atoms with van der Waals surface area (Å²) in [5, 5.41) is 0. The largest absolute Gasteiger partial charge is 0.496 e. The maximum atomic E-state index is 11.4. The minimum atomic E-state index is 0.702. The van der Waals surface area contributed by atoms with Crippen LogP contribution in [0.4, 0.5) is 34.1 Å². The summed E-state index contributed by atoms with van der Waals surface area (Å²) in [5.74, 6) is 0.875. The number of ether oxygens (including phenoxy) is 1. The van der Waals surface area contributed by atoms with E-state index in [0.29, 0.717) is 5.56 Å². The number of aldehydes is 1. The topological polar surface area (TPSA) is 32.8 Å². The number of hydrogen-bond acceptors (Lipinski definition) is 4. The molecule has 6 aromatic rings. The average Bonchev–Trinajstić information content (AvgIpc) is 3.07. The number of rotatable bonds is 9. The zero-order valence-electron chi connectivity index (χ0n) is 25.1. The molecular formula is C40H34N2O2. The SMILES string of the molecule is COc1ccc(N(c2ccccc2)c2ccc(-c3ccc(N(c4ccccc4)c4ccc(C=O)c(C)c4)cc3)cc2)cc1C. The quantitative estimate of drug-likeness (QED) is 0.161. The summed E-state index contributed by atoms with van der Waals surface area (Å²) in [6.45, 7) is 4.04. The summed E-state index contributed by atoms with van der Waals surface area (Å²) < 4.78 is 5.51. The predicted molar refractivity (Wildman–Crippen MR) is 183 cm³/mol. The Bertz CT molecular complexity index is 1870. The maximum Gasteiger partial charge on any atom is 0.150 e. The lowest BCUT2D eigenvalue weighted by molar-refractivity contribution is 0.112. The molecule has 0 N–H and O–H groups in total. The second kappa shape index (κ2) is 12.7. The van der Waals surface area contributed by atoms with E-state index in [4.69, 9.17) is 4.74 Å². The lowest BCUT2D eigenvalue weighted by Gasteiger charge is -2.27. The Labute approximate surface area is 259 Å². The van der Waals surface area contributed by atoms with Crippen LogP contribution in [-0.2, 0) is 0 Å². The van der Waals surface area contributed by atoms with E-state index in [1.54, 1.807) is 7.11 Å². The third kappa shape index (κ3) is 5.83. The molecule has 0 bridgehead atoms. The van der Waals surface area contributed by atoms with Gasteiger partial charge in [-0.1, -0.05) is 60.7 Å². The number of aryl methyl sites for hydroxylation is 2. The molecular weight excluding hydrogens is 540 g/mol. The lowest BCUT2D eigenvalue weighted by Crippen LogP contribution is -2.10. The standard InChI is InChI=1S/C40H34N2O2/c1-29-26-38(23-18-33(29)28-43)41(34-10-6-4-7-11-34)36-19-14-31(15-20-36)32-16-21-37(22-17-32)42(35-12-8-5-9-13-35)39-24-25-40(44-3)30(2)27-39/h4-28H,1-3H3. The summed E-state index contributed by atoms with van der Waals surface area (Å²) in [7, 11) is 1.70. The molecule has 4 nitrogen and oxygen atoms in total. The van der Waals surface area contributed by atoms with E-state index in [1.807, 2.05) is 49.4 Å². The first-order valence-electron chi connectivity index (χ1n) is 14.7. The highest BCUT2D eigenvalue weighted by atomic mass is 16.5. The van der Waals surface area contributed by atoms with Gasteiger partial charge in [0.2, 0.25) is 0 Å². The van der Waals surface area contributed by atoms with Crippen molar-refractivity contribution < 1.29 is 9.53 Å². The van der Waals surface area contributed by atoms with Crippen molar-refractivity contribution in [1.82, 2.24) is 0 Å². The Morgan fingerprint density at radius 3 is 1.30 bits per heavy atom. The van der Waals surface area contributed by atoms with Gasteiger partial charge in [-0.2, -0.15) is 0 Å². The van der Waals surface area contributed by atoms with Gasteiger partial charge in [-0.05, 0) is 121 Å². The number of methoxy groups -OCH3 is 1. The van der Waals surface area contributed by atoms with Crippen LogP contribution >= 0.6 is 0 Å². The molecule has 0 unspecified atom stereocenters. The highest BCUT2D eigenvalue weighted by Crippen LogP contribution is 2.39. The number of hydrogen-bond donors (Lipinski definition) is 0. The van der Waals surface area contributed by atoms with E-state index in [1.165, 1.54) is 0 Å². The van der Waals surface area contributed by atoms with Gasteiger partial charge in [0.1, 0.15) is 12.0 Å². The van der Waals surface area contributed by atoms with Crippen molar-refractivity contribution in [2.24, 2.45) is 0 Å². The molecule has 44 heavy (non-hydrogen) atoms. The van der Waals surface area contributed by atoms with Gasteiger partial charge in [-0.15, -0.1) is 0 Å². The van der Waals surface area contributed by atoms with E-state index >= 15 is 0 Å². The molecule has 0 saturated carbocycles. The Balaban J connectivity index is 1.32. The van der Waals surface area contributed by atoms with Crippen molar-refractivity contribution in [1.29, 1.82) is 0 Å². The van der Waals surface area contributed by atoms with Gasteiger partial charge >= 0.3 is 0 Å². The monoisotopic (exact) mass is 574 g/mol. The van der Waals surface area contributed by atoms with Gasteiger partial charge in [0.25, 0.3) is 0 Å². The molecule has 0 heterocycles. The van der Waals surface area contributed by atoms with Crippen LogP contribution in [0.5, 0.6) is 5.75 Å². The van der Waals surface area contributed by atoms with Crippen LogP contribution in [0.3, 0.4) is 0 Å². The number of nitrogens with zero attached hydrogens (tertiary/aromatic N) is 2. The Morgan fingerprint density at radius 1 is 0.477 bits per heavy atom. The van der Waals surface area contributed by atoms with Gasteiger partial charge in [0.15, 0.2) is 0 Å². The molecule has 4 heteroatoms. The Kier molecular flexibility index (Phi) is 8.24. The number of carbonyl (C=O) groups is 1. The molecule has 0 atom stereocenters. The van der Waals surface area contributed by atoms with Gasteiger partial charge < -0.3 is 14.5 Å². The van der Waals surface area contributed by atoms with Crippen LogP contribution < -0.4 is 14.5 Å². The molecule has 0 aromatic heterocycles. The molecule has 0 aliphatic heterocycles. The molecule has 216 valence electrons. The molecule has 0 aliphatic rings. The van der Waals surface area contributed by atoms with E-state index in [2.05, 4.69) is 120 Å². The molecule has 0 aliphatic carbocycles. The van der Waals surface area contributed by atoms with Gasteiger partial charge in [0, 0.05) is 39.7 Å². The zero-order valence-corrected chi connectivity index (χ0v) is 25.1. The zero-order chi connectivity index (χ0) is 30.5. The van der Waals surface area contributed by atoms with Crippen LogP contribution in [0.15, 0.2) is 146 Å². The predicted octanol–water partition coefficient (Wildman–Crippen LogP) is 10.7. The fraction of sp³-hybridized carbons (Fsp3) is 0.0750. The van der Waals surface area contributed by atoms with Crippen molar-refractivity contribution in [2.75, 3.05) is 16.9 Å². The van der Waals surface area contributed by atoms with Crippen molar-refractivity contribution in [3.8, 4) is 16.9 Å². The normalized spacial score (nSPS) is 10.7. The first-order valence-corrected chi connectivity index (χ1v) is 14.7. The molecule has 6 aromatic carbocycles. The average molecular weight is 575 g/mol. The lowest BCUT2D eigenvalue weighted by atomic mass is 10.0. The van der Waals surface area contributed by atoms with Crippen LogP contribution in [-0.4, -0.2) is 13.4 Å². The fourth-order valence-electron chi connectivity index (χ4n) is 5.59. The highest BCUT2D eigenvalue weighted by molar-refractivity contribution is 5.83. The third-order valence-electron chi connectivity index (χ3n) is 7.89. The molecule has 0 saturated heterocycles. The van der Waals surface area contributed by atoms with E-state index in [9.17, 15) is 4.79 Å². The number of benzene rings is 6. The summed E-state index contributed by atoms with van der Waals surface area (Å²) in [5.41, 5.74) is 11.3. The van der Waals surface area contributed by atoms with Crippen LogP contribution in [0, 0.1) is 13.8 Å². The van der Waals surface area contributed by atoms with Gasteiger partial charge in [-0.3, -0.25) is 4.79 Å². The van der Waals surface area contributed by atoms with Gasteiger partial charge in [0.05, 0.1) is 7.11 Å². The van der Waals surface area contributed by atoms with Crippen LogP contribution in [0.2, 0.25) is 0 Å². The number of anilines is 6. The number of carbonyl (C=O) groups excluding carboxylic acids is 1. The van der Waals surface area contributed by atoms with E-state index in [-0.39, 0.29) is 0 Å². The summed E-state index contributed by atoms with van der Waals surface area (Å²) in [6.07, 6.45) is 0.906. The summed E-state index contributed by atoms with van der Waals surface area (Å²) in [6, 6.07) is 50.2. The van der Waals surface area contributed by atoms with Crippen LogP contribution in [0.25, 0.3) is 11.1 Å². The Hall–Kier alpha value is -5.61. The van der Waals surface area contributed by atoms with E-state index in [0.717, 1.165) is 68.4 Å². The third-order valence-corrected chi connectivity index (χ3v) is 7.89. The minimum absolute atomic E-state index is 0.702. The van der Waals surface area contributed by atoms with Crippen molar-refractivity contribution in [3.63, 3.8) is 0 Å². The summed E-state index contributed by atoms with van der Waals surface area (Å²) >= 11 is 0.